The summed E-state index contributed by atoms with van der Waals surface area (Å²) < 4.78 is 33.5. The molecule has 1 saturated heterocycles. The summed E-state index contributed by atoms with van der Waals surface area (Å²) in [6.45, 7) is 1.94. The number of sulfone groups is 1. The molecule has 1 aromatic rings. The lowest BCUT2D eigenvalue weighted by atomic mass is 10.2. The smallest absolute Gasteiger partial charge is 0.309 e. The number of para-hydroxylation sites is 1. The van der Waals surface area contributed by atoms with Gasteiger partial charge >= 0.3 is 5.97 Å². The Kier molecular flexibility index (Phi) is 6.81. The van der Waals surface area contributed by atoms with Gasteiger partial charge in [-0.25, -0.2) is 8.42 Å². The van der Waals surface area contributed by atoms with Crippen LogP contribution in [0.15, 0.2) is 30.3 Å². The number of hydrogen-bond acceptors (Lipinski definition) is 6. The van der Waals surface area contributed by atoms with Crippen molar-refractivity contribution in [3.63, 3.8) is 0 Å². The van der Waals surface area contributed by atoms with Crippen molar-refractivity contribution in [1.29, 1.82) is 0 Å². The van der Waals surface area contributed by atoms with Gasteiger partial charge in [-0.15, -0.1) is 0 Å². The predicted octanol–water partition coefficient (Wildman–Crippen LogP) is 1.03. The van der Waals surface area contributed by atoms with E-state index in [1.165, 1.54) is 4.90 Å². The molecule has 25 heavy (non-hydrogen) atoms. The third-order valence-electron chi connectivity index (χ3n) is 3.98. The van der Waals surface area contributed by atoms with E-state index in [0.717, 1.165) is 0 Å². The fourth-order valence-electron chi connectivity index (χ4n) is 2.73. The van der Waals surface area contributed by atoms with Crippen LogP contribution in [-0.4, -0.2) is 62.5 Å². The molecule has 0 N–H and O–H groups in total. The van der Waals surface area contributed by atoms with Crippen molar-refractivity contribution in [3.8, 4) is 5.75 Å². The van der Waals surface area contributed by atoms with Crippen molar-refractivity contribution in [1.82, 2.24) is 4.90 Å². The molecule has 2 rings (SSSR count). The summed E-state index contributed by atoms with van der Waals surface area (Å²) in [5.41, 5.74) is 0. The molecular formula is C17H23NO6S. The third kappa shape index (κ3) is 6.04. The summed E-state index contributed by atoms with van der Waals surface area (Å²) in [7, 11) is -3.07. The lowest BCUT2D eigenvalue weighted by Crippen LogP contribution is -2.43. The second-order valence-electron chi connectivity index (χ2n) is 5.81. The van der Waals surface area contributed by atoms with Gasteiger partial charge in [0.1, 0.15) is 5.75 Å². The fraction of sp³-hybridized carbons (Fsp3) is 0.529. The van der Waals surface area contributed by atoms with Gasteiger partial charge in [0.05, 0.1) is 24.5 Å². The monoisotopic (exact) mass is 369 g/mol. The van der Waals surface area contributed by atoms with E-state index in [9.17, 15) is 18.0 Å². The third-order valence-corrected chi connectivity index (χ3v) is 5.74. The first kappa shape index (κ1) is 19.2. The number of hydrogen-bond donors (Lipinski definition) is 0. The van der Waals surface area contributed by atoms with Crippen LogP contribution in [-0.2, 0) is 24.2 Å². The number of rotatable bonds is 8. The Morgan fingerprint density at radius 1 is 1.24 bits per heavy atom. The zero-order valence-electron chi connectivity index (χ0n) is 14.2. The minimum atomic E-state index is -3.07. The molecule has 0 spiro atoms. The standard InChI is InChI=1S/C17H23NO6S/c1-2-18(14-9-11-25(21,22)13-14)16(19)12-24-17(20)8-10-23-15-6-4-3-5-7-15/h3-7,14H,2,8-13H2,1H3. The van der Waals surface area contributed by atoms with E-state index < -0.39 is 15.8 Å². The molecule has 1 aromatic carbocycles. The van der Waals surface area contributed by atoms with Crippen LogP contribution in [0.3, 0.4) is 0 Å². The van der Waals surface area contributed by atoms with Crippen LogP contribution in [0.1, 0.15) is 19.8 Å². The Morgan fingerprint density at radius 2 is 1.96 bits per heavy atom. The van der Waals surface area contributed by atoms with Gasteiger partial charge in [0.15, 0.2) is 16.4 Å². The maximum atomic E-state index is 12.2. The lowest BCUT2D eigenvalue weighted by Gasteiger charge is -2.26. The normalized spacial score (nSPS) is 18.5. The topological polar surface area (TPSA) is 90.0 Å². The maximum Gasteiger partial charge on any atom is 0.309 e. The molecular weight excluding hydrogens is 346 g/mol. The number of nitrogens with zero attached hydrogens (tertiary/aromatic N) is 1. The molecule has 0 bridgehead atoms. The molecule has 1 fully saturated rings. The Bertz CT molecular complexity index is 688. The average Bonchev–Trinajstić information content (AvgIpc) is 2.94. The van der Waals surface area contributed by atoms with E-state index in [-0.39, 0.29) is 43.1 Å². The predicted molar refractivity (Wildman–Crippen MR) is 92.0 cm³/mol. The van der Waals surface area contributed by atoms with Gasteiger partial charge in [0.25, 0.3) is 5.91 Å². The van der Waals surface area contributed by atoms with Crippen LogP contribution in [0.4, 0.5) is 0 Å². The first-order chi connectivity index (χ1) is 11.9. The van der Waals surface area contributed by atoms with Crippen molar-refractivity contribution in [2.75, 3.05) is 31.3 Å². The van der Waals surface area contributed by atoms with Gasteiger partial charge in [-0.3, -0.25) is 9.59 Å². The summed E-state index contributed by atoms with van der Waals surface area (Å²) >= 11 is 0. The van der Waals surface area contributed by atoms with Crippen molar-refractivity contribution < 1.29 is 27.5 Å². The van der Waals surface area contributed by atoms with Crippen molar-refractivity contribution in [2.45, 2.75) is 25.8 Å². The van der Waals surface area contributed by atoms with Gasteiger partial charge in [0.2, 0.25) is 0 Å². The molecule has 1 amide bonds. The van der Waals surface area contributed by atoms with Gasteiger partial charge < -0.3 is 14.4 Å². The number of likely N-dealkylation sites (N-methyl/N-ethyl adjacent to an activating group) is 1. The van der Waals surface area contributed by atoms with Crippen molar-refractivity contribution in [3.05, 3.63) is 30.3 Å². The SMILES string of the molecule is CCN(C(=O)COC(=O)CCOc1ccccc1)C1CCS(=O)(=O)C1. The minimum absolute atomic E-state index is 0.0224. The molecule has 0 aliphatic carbocycles. The highest BCUT2D eigenvalue weighted by molar-refractivity contribution is 7.91. The lowest BCUT2D eigenvalue weighted by molar-refractivity contribution is -0.153. The minimum Gasteiger partial charge on any atom is -0.493 e. The number of carbonyl (C=O) groups excluding carboxylic acids is 2. The molecule has 1 atom stereocenters. The van der Waals surface area contributed by atoms with E-state index in [4.69, 9.17) is 9.47 Å². The number of benzene rings is 1. The highest BCUT2D eigenvalue weighted by atomic mass is 32.2. The van der Waals surface area contributed by atoms with Crippen LogP contribution in [0.5, 0.6) is 5.75 Å². The van der Waals surface area contributed by atoms with Crippen LogP contribution in [0, 0.1) is 0 Å². The first-order valence-corrected chi connectivity index (χ1v) is 10.1. The molecule has 7 nitrogen and oxygen atoms in total. The van der Waals surface area contributed by atoms with Gasteiger partial charge in [-0.1, -0.05) is 18.2 Å². The molecule has 1 unspecified atom stereocenters. The van der Waals surface area contributed by atoms with Crippen molar-refractivity contribution in [2.24, 2.45) is 0 Å². The summed E-state index contributed by atoms with van der Waals surface area (Å²) in [6.07, 6.45) is 0.465. The second-order valence-corrected chi connectivity index (χ2v) is 8.04. The molecule has 1 aliphatic rings. The molecule has 1 heterocycles. The summed E-state index contributed by atoms with van der Waals surface area (Å²) in [6, 6.07) is 8.75. The molecule has 0 radical (unpaired) electrons. The Hall–Kier alpha value is -2.09. The van der Waals surface area contributed by atoms with E-state index in [0.29, 0.717) is 18.7 Å². The number of carbonyl (C=O) groups is 2. The highest BCUT2D eigenvalue weighted by Crippen LogP contribution is 2.17. The molecule has 1 aliphatic heterocycles. The average molecular weight is 369 g/mol. The Labute approximate surface area is 147 Å². The van der Waals surface area contributed by atoms with Crippen LogP contribution >= 0.6 is 0 Å². The highest BCUT2D eigenvalue weighted by Gasteiger charge is 2.34. The second kappa shape index (κ2) is 8.84. The molecule has 0 saturated carbocycles. The number of ether oxygens (including phenoxy) is 2. The zero-order chi connectivity index (χ0) is 18.3. The van der Waals surface area contributed by atoms with E-state index in [2.05, 4.69) is 0 Å². The van der Waals surface area contributed by atoms with Crippen LogP contribution in [0.25, 0.3) is 0 Å². The first-order valence-electron chi connectivity index (χ1n) is 8.24. The number of esters is 1. The fourth-order valence-corrected chi connectivity index (χ4v) is 4.46. The van der Waals surface area contributed by atoms with E-state index in [1.54, 1.807) is 19.1 Å². The largest absolute Gasteiger partial charge is 0.493 e. The molecule has 0 aromatic heterocycles. The van der Waals surface area contributed by atoms with Gasteiger partial charge in [0, 0.05) is 12.6 Å². The quantitative estimate of drug-likeness (QED) is 0.636. The number of amides is 1. The summed E-state index contributed by atoms with van der Waals surface area (Å²) in [5.74, 6) is -0.170. The molecule has 138 valence electrons. The van der Waals surface area contributed by atoms with Crippen molar-refractivity contribution >= 4 is 21.7 Å². The van der Waals surface area contributed by atoms with E-state index >= 15 is 0 Å². The molecule has 8 heteroatoms. The maximum absolute atomic E-state index is 12.2. The van der Waals surface area contributed by atoms with E-state index in [1.807, 2.05) is 18.2 Å². The summed E-state index contributed by atoms with van der Waals surface area (Å²) in [5, 5.41) is 0. The zero-order valence-corrected chi connectivity index (χ0v) is 15.0. The van der Waals surface area contributed by atoms with Crippen LogP contribution in [0.2, 0.25) is 0 Å². The van der Waals surface area contributed by atoms with Gasteiger partial charge in [-0.05, 0) is 25.5 Å². The summed E-state index contributed by atoms with van der Waals surface area (Å²) in [4.78, 5) is 25.4. The Morgan fingerprint density at radius 3 is 2.56 bits per heavy atom. The Balaban J connectivity index is 1.71. The van der Waals surface area contributed by atoms with Gasteiger partial charge in [-0.2, -0.15) is 0 Å². The van der Waals surface area contributed by atoms with Crippen LogP contribution < -0.4 is 4.74 Å².